The van der Waals surface area contributed by atoms with Crippen molar-refractivity contribution in [2.45, 2.75) is 12.6 Å². The first-order valence-electron chi connectivity index (χ1n) is 8.87. The van der Waals surface area contributed by atoms with Crippen LogP contribution in [0.5, 0.6) is 0 Å². The maximum Gasteiger partial charge on any atom is 0.269 e. The van der Waals surface area contributed by atoms with Crippen LogP contribution < -0.4 is 5.32 Å². The topological polar surface area (TPSA) is 76.2 Å². The molecule has 7 nitrogen and oxygen atoms in total. The molecule has 2 aromatic heterocycles. The van der Waals surface area contributed by atoms with Gasteiger partial charge in [-0.1, -0.05) is 0 Å². The van der Waals surface area contributed by atoms with E-state index < -0.39 is 0 Å². The molecule has 1 aliphatic heterocycles. The predicted molar refractivity (Wildman–Crippen MR) is 106 cm³/mol. The monoisotopic (exact) mass is 383 g/mol. The normalized spacial score (nSPS) is 17.9. The van der Waals surface area contributed by atoms with Crippen molar-refractivity contribution in [3.8, 4) is 10.4 Å². The molecule has 3 aromatic rings. The number of nitrogens with one attached hydrogen (secondary N) is 1. The summed E-state index contributed by atoms with van der Waals surface area (Å²) in [6, 6.07) is 11.2. The SMILES string of the molecule is Cn1ccnc1C1CNCCN1Cc1ccc(-c2ccc([N+](=O)[O-])cc2)s1. The number of nitro groups is 1. The minimum atomic E-state index is -0.369. The molecule has 8 heteroatoms. The Balaban J connectivity index is 1.51. The predicted octanol–water partition coefficient (Wildman–Crippen LogP) is 3.20. The summed E-state index contributed by atoms with van der Waals surface area (Å²) in [7, 11) is 2.03. The zero-order valence-corrected chi connectivity index (χ0v) is 15.9. The fraction of sp³-hybridized carbons (Fsp3) is 0.316. The highest BCUT2D eigenvalue weighted by molar-refractivity contribution is 7.15. The Morgan fingerprint density at radius 3 is 2.81 bits per heavy atom. The third-order valence-electron chi connectivity index (χ3n) is 4.89. The molecule has 0 bridgehead atoms. The van der Waals surface area contributed by atoms with E-state index in [9.17, 15) is 10.1 Å². The highest BCUT2D eigenvalue weighted by Crippen LogP contribution is 2.31. The van der Waals surface area contributed by atoms with Gasteiger partial charge in [0.1, 0.15) is 5.82 Å². The van der Waals surface area contributed by atoms with E-state index in [4.69, 9.17) is 0 Å². The molecule has 4 rings (SSSR count). The number of hydrogen-bond donors (Lipinski definition) is 1. The summed E-state index contributed by atoms with van der Waals surface area (Å²) < 4.78 is 2.08. The maximum absolute atomic E-state index is 10.8. The van der Waals surface area contributed by atoms with Gasteiger partial charge in [-0.25, -0.2) is 4.98 Å². The van der Waals surface area contributed by atoms with Gasteiger partial charge in [0.05, 0.1) is 11.0 Å². The number of non-ortho nitro benzene ring substituents is 1. The first-order valence-corrected chi connectivity index (χ1v) is 9.69. The van der Waals surface area contributed by atoms with Crippen LogP contribution in [0.4, 0.5) is 5.69 Å². The second-order valence-electron chi connectivity index (χ2n) is 6.66. The minimum Gasteiger partial charge on any atom is -0.337 e. The largest absolute Gasteiger partial charge is 0.337 e. The highest BCUT2D eigenvalue weighted by Gasteiger charge is 2.27. The number of benzene rings is 1. The van der Waals surface area contributed by atoms with Gasteiger partial charge in [-0.3, -0.25) is 15.0 Å². The van der Waals surface area contributed by atoms with Crippen molar-refractivity contribution in [1.82, 2.24) is 19.8 Å². The van der Waals surface area contributed by atoms with Crippen molar-refractivity contribution < 1.29 is 4.92 Å². The molecule has 3 heterocycles. The average molecular weight is 383 g/mol. The van der Waals surface area contributed by atoms with Crippen LogP contribution in [0.1, 0.15) is 16.7 Å². The molecule has 1 fully saturated rings. The number of thiophene rings is 1. The Hall–Kier alpha value is -2.55. The molecule has 1 saturated heterocycles. The first kappa shape index (κ1) is 17.8. The van der Waals surface area contributed by atoms with Gasteiger partial charge >= 0.3 is 0 Å². The summed E-state index contributed by atoms with van der Waals surface area (Å²) in [5, 5.41) is 14.3. The molecule has 1 aliphatic rings. The lowest BCUT2D eigenvalue weighted by Crippen LogP contribution is -2.46. The Bertz CT molecular complexity index is 934. The Morgan fingerprint density at radius 1 is 1.30 bits per heavy atom. The molecule has 0 amide bonds. The van der Waals surface area contributed by atoms with Gasteiger partial charge in [0.25, 0.3) is 5.69 Å². The summed E-state index contributed by atoms with van der Waals surface area (Å²) in [6.45, 7) is 3.71. The Morgan fingerprint density at radius 2 is 2.11 bits per heavy atom. The van der Waals surface area contributed by atoms with Crippen LogP contribution in [0.3, 0.4) is 0 Å². The first-order chi connectivity index (χ1) is 13.1. The summed E-state index contributed by atoms with van der Waals surface area (Å²) in [5.41, 5.74) is 1.13. The lowest BCUT2D eigenvalue weighted by Gasteiger charge is -2.35. The molecule has 1 N–H and O–H groups in total. The van der Waals surface area contributed by atoms with Crippen LogP contribution in [-0.4, -0.2) is 39.0 Å². The lowest BCUT2D eigenvalue weighted by molar-refractivity contribution is -0.384. The van der Waals surface area contributed by atoms with Crippen molar-refractivity contribution in [3.63, 3.8) is 0 Å². The number of hydrogen-bond acceptors (Lipinski definition) is 6. The quantitative estimate of drug-likeness (QED) is 0.541. The summed E-state index contributed by atoms with van der Waals surface area (Å²) in [6.07, 6.45) is 3.83. The minimum absolute atomic E-state index is 0.120. The van der Waals surface area contributed by atoms with E-state index >= 15 is 0 Å². The number of nitrogens with zero attached hydrogens (tertiary/aromatic N) is 4. The van der Waals surface area contributed by atoms with Crippen LogP contribution in [0.25, 0.3) is 10.4 Å². The van der Waals surface area contributed by atoms with E-state index in [1.165, 1.54) is 4.88 Å². The standard InChI is InChI=1S/C19H21N5O2S/c1-22-10-9-21-19(22)17-12-20-8-11-23(17)13-16-6-7-18(27-16)14-2-4-15(5-3-14)24(25)26/h2-7,9-10,17,20H,8,11-13H2,1H3. The molecule has 0 radical (unpaired) electrons. The van der Waals surface area contributed by atoms with Crippen LogP contribution in [0.15, 0.2) is 48.8 Å². The van der Waals surface area contributed by atoms with Crippen molar-refractivity contribution in [2.24, 2.45) is 7.05 Å². The molecule has 1 aromatic carbocycles. The Kier molecular flexibility index (Phi) is 5.02. The molecular weight excluding hydrogens is 362 g/mol. The molecule has 1 unspecified atom stereocenters. The molecule has 0 saturated carbocycles. The fourth-order valence-corrected chi connectivity index (χ4v) is 4.49. The van der Waals surface area contributed by atoms with Crippen LogP contribution >= 0.6 is 11.3 Å². The van der Waals surface area contributed by atoms with Crippen molar-refractivity contribution in [3.05, 3.63) is 69.6 Å². The van der Waals surface area contributed by atoms with Gasteiger partial charge < -0.3 is 9.88 Å². The van der Waals surface area contributed by atoms with E-state index in [-0.39, 0.29) is 16.7 Å². The highest BCUT2D eigenvalue weighted by atomic mass is 32.1. The van der Waals surface area contributed by atoms with Crippen molar-refractivity contribution in [2.75, 3.05) is 19.6 Å². The van der Waals surface area contributed by atoms with Gasteiger partial charge in [0.2, 0.25) is 0 Å². The fourth-order valence-electron chi connectivity index (χ4n) is 3.45. The maximum atomic E-state index is 10.8. The lowest BCUT2D eigenvalue weighted by atomic mass is 10.1. The summed E-state index contributed by atoms with van der Waals surface area (Å²) in [4.78, 5) is 19.9. The van der Waals surface area contributed by atoms with E-state index in [0.717, 1.165) is 42.4 Å². The van der Waals surface area contributed by atoms with Crippen molar-refractivity contribution in [1.29, 1.82) is 0 Å². The molecule has 27 heavy (non-hydrogen) atoms. The summed E-state index contributed by atoms with van der Waals surface area (Å²) >= 11 is 1.74. The van der Waals surface area contributed by atoms with Gasteiger partial charge in [-0.05, 0) is 29.8 Å². The molecule has 0 spiro atoms. The third-order valence-corrected chi connectivity index (χ3v) is 6.01. The van der Waals surface area contributed by atoms with Crippen LogP contribution in [-0.2, 0) is 13.6 Å². The molecular formula is C19H21N5O2S. The number of piperazine rings is 1. The Labute approximate surface area is 161 Å². The average Bonchev–Trinajstić information content (AvgIpc) is 3.31. The van der Waals surface area contributed by atoms with E-state index in [2.05, 4.69) is 31.9 Å². The van der Waals surface area contributed by atoms with Gasteiger partial charge in [-0.15, -0.1) is 11.3 Å². The molecule has 140 valence electrons. The van der Waals surface area contributed by atoms with Crippen LogP contribution in [0.2, 0.25) is 0 Å². The van der Waals surface area contributed by atoms with Crippen LogP contribution in [0, 0.1) is 10.1 Å². The molecule has 1 atom stereocenters. The molecule has 0 aliphatic carbocycles. The zero-order chi connectivity index (χ0) is 18.8. The number of aromatic nitrogens is 2. The number of aryl methyl sites for hydroxylation is 1. The van der Waals surface area contributed by atoms with Crippen molar-refractivity contribution >= 4 is 17.0 Å². The zero-order valence-electron chi connectivity index (χ0n) is 15.0. The second-order valence-corrected chi connectivity index (χ2v) is 7.83. The van der Waals surface area contributed by atoms with E-state index in [1.54, 1.807) is 23.5 Å². The summed E-state index contributed by atoms with van der Waals surface area (Å²) in [5.74, 6) is 1.08. The number of nitro benzene ring substituents is 1. The van der Waals surface area contributed by atoms with E-state index in [0.29, 0.717) is 0 Å². The number of imidazole rings is 1. The van der Waals surface area contributed by atoms with Gasteiger partial charge in [-0.2, -0.15) is 0 Å². The third kappa shape index (κ3) is 3.78. The number of rotatable bonds is 5. The van der Waals surface area contributed by atoms with Gasteiger partial charge in [0, 0.05) is 67.5 Å². The smallest absolute Gasteiger partial charge is 0.269 e. The van der Waals surface area contributed by atoms with E-state index in [1.807, 2.05) is 31.6 Å². The van der Waals surface area contributed by atoms with Gasteiger partial charge in [0.15, 0.2) is 0 Å². The second kappa shape index (κ2) is 7.59.